The van der Waals surface area contributed by atoms with Gasteiger partial charge in [-0.2, -0.15) is 0 Å². The molecule has 2 aliphatic rings. The van der Waals surface area contributed by atoms with Crippen LogP contribution in [0.15, 0.2) is 34.3 Å². The molecule has 0 radical (unpaired) electrons. The highest BCUT2D eigenvalue weighted by Crippen LogP contribution is 2.31. The number of hydrogen-bond donors (Lipinski definition) is 1. The number of amides is 2. The summed E-state index contributed by atoms with van der Waals surface area (Å²) in [6.45, 7) is 7.55. The SMILES string of the molecule is C/C1=N/OCC[C@H](C)N2C[C@H](C1)n1cc(C(=O)NCc3ccc(F)cc3F)c(=O)c(OCOC(=O)OCCCCCCC(C)C)c1C2=O. The first kappa shape index (κ1) is 36.3. The molecule has 2 atom stereocenters. The summed E-state index contributed by atoms with van der Waals surface area (Å²) in [5.74, 6) is -2.88. The van der Waals surface area contributed by atoms with E-state index in [0.29, 0.717) is 37.0 Å². The average Bonchev–Trinajstić information content (AvgIpc) is 3.03. The largest absolute Gasteiger partial charge is 0.511 e. The number of carbonyl (C=O) groups is 3. The monoisotopic (exact) mass is 674 g/mol. The van der Waals surface area contributed by atoms with Crippen molar-refractivity contribution in [1.29, 1.82) is 0 Å². The molecule has 0 saturated heterocycles. The molecule has 12 nitrogen and oxygen atoms in total. The van der Waals surface area contributed by atoms with E-state index in [0.717, 1.165) is 31.7 Å². The normalized spacial score (nSPS) is 18.7. The van der Waals surface area contributed by atoms with Crippen LogP contribution in [0.25, 0.3) is 0 Å². The number of fused-ring (bicyclic) bond motifs is 4. The molecule has 0 saturated carbocycles. The molecule has 0 aliphatic carbocycles. The van der Waals surface area contributed by atoms with Crippen molar-refractivity contribution < 1.29 is 42.2 Å². The summed E-state index contributed by atoms with van der Waals surface area (Å²) in [5.41, 5.74) is -0.815. The number of nitrogens with zero attached hydrogens (tertiary/aromatic N) is 3. The lowest BCUT2D eigenvalue weighted by atomic mass is 10.0. The second kappa shape index (κ2) is 17.1. The molecule has 4 rings (SSSR count). The van der Waals surface area contributed by atoms with E-state index in [1.807, 2.05) is 6.92 Å². The predicted octanol–water partition coefficient (Wildman–Crippen LogP) is 5.72. The van der Waals surface area contributed by atoms with Crippen LogP contribution < -0.4 is 15.5 Å². The van der Waals surface area contributed by atoms with Gasteiger partial charge in [0.15, 0.2) is 5.69 Å². The van der Waals surface area contributed by atoms with Crippen LogP contribution >= 0.6 is 0 Å². The molecule has 2 amide bonds. The first-order valence-electron chi connectivity index (χ1n) is 16.4. The van der Waals surface area contributed by atoms with Crippen LogP contribution in [0.5, 0.6) is 5.75 Å². The van der Waals surface area contributed by atoms with Gasteiger partial charge in [-0.1, -0.05) is 50.8 Å². The van der Waals surface area contributed by atoms with E-state index >= 15 is 0 Å². The highest BCUT2D eigenvalue weighted by atomic mass is 19.1. The Labute approximate surface area is 278 Å². The molecule has 2 bridgehead atoms. The minimum Gasteiger partial charge on any atom is -0.451 e. The minimum absolute atomic E-state index is 0.000678. The van der Waals surface area contributed by atoms with Gasteiger partial charge in [0.05, 0.1) is 18.4 Å². The van der Waals surface area contributed by atoms with Gasteiger partial charge >= 0.3 is 6.16 Å². The highest BCUT2D eigenvalue weighted by Gasteiger charge is 2.39. The van der Waals surface area contributed by atoms with Gasteiger partial charge in [-0.15, -0.1) is 0 Å². The number of ether oxygens (including phenoxy) is 3. The lowest BCUT2D eigenvalue weighted by Gasteiger charge is -2.40. The maximum Gasteiger partial charge on any atom is 0.511 e. The van der Waals surface area contributed by atoms with Gasteiger partial charge < -0.3 is 33.8 Å². The molecular formula is C34H44F2N4O8. The van der Waals surface area contributed by atoms with Crippen LogP contribution in [0.2, 0.25) is 0 Å². The smallest absolute Gasteiger partial charge is 0.451 e. The van der Waals surface area contributed by atoms with Crippen LogP contribution in [0.4, 0.5) is 13.6 Å². The van der Waals surface area contributed by atoms with E-state index in [1.165, 1.54) is 16.8 Å². The number of pyridine rings is 1. The van der Waals surface area contributed by atoms with E-state index in [-0.39, 0.29) is 43.6 Å². The Morgan fingerprint density at radius 1 is 1.12 bits per heavy atom. The molecule has 48 heavy (non-hydrogen) atoms. The number of hydrogen-bond acceptors (Lipinski definition) is 9. The van der Waals surface area contributed by atoms with Gasteiger partial charge in [0.1, 0.15) is 23.8 Å². The first-order valence-corrected chi connectivity index (χ1v) is 16.4. The van der Waals surface area contributed by atoms with Crippen molar-refractivity contribution in [2.45, 2.75) is 91.3 Å². The number of aromatic nitrogens is 1. The summed E-state index contributed by atoms with van der Waals surface area (Å²) in [6, 6.07) is 2.16. The fraction of sp³-hybridized carbons (Fsp3) is 0.559. The number of oxime groups is 1. The lowest BCUT2D eigenvalue weighted by Crippen LogP contribution is -2.50. The minimum atomic E-state index is -1.00. The number of unbranched alkanes of at least 4 members (excludes halogenated alkanes) is 3. The van der Waals surface area contributed by atoms with Crippen molar-refractivity contribution in [3.05, 3.63) is 63.1 Å². The van der Waals surface area contributed by atoms with Crippen molar-refractivity contribution in [3.8, 4) is 5.75 Å². The standard InChI is InChI=1S/C34H44F2N4O8/c1-21(2)9-7-5-6-8-13-45-34(44)47-20-46-31-29-33(43)39-18-26(15-22(3)38-48-14-12-23(39)4)40(29)19-27(30(31)41)32(42)37-17-24-10-11-25(35)16-28(24)36/h10-11,16,19,21,23,26H,5-9,12-15,17-18,20H2,1-4H3,(H,37,42)/b38-22-/t23-,26-/m0/s1. The molecule has 0 unspecified atom stereocenters. The van der Waals surface area contributed by atoms with E-state index in [1.54, 1.807) is 11.8 Å². The molecule has 2 aromatic rings. The Morgan fingerprint density at radius 3 is 2.65 bits per heavy atom. The van der Waals surface area contributed by atoms with Crippen LogP contribution in [0.1, 0.15) is 105 Å². The predicted molar refractivity (Wildman–Crippen MR) is 172 cm³/mol. The van der Waals surface area contributed by atoms with Gasteiger partial charge in [-0.05, 0) is 32.3 Å². The molecule has 3 heterocycles. The van der Waals surface area contributed by atoms with Crippen LogP contribution in [-0.2, 0) is 20.9 Å². The zero-order chi connectivity index (χ0) is 34.8. The molecule has 1 N–H and O–H groups in total. The summed E-state index contributed by atoms with van der Waals surface area (Å²) in [4.78, 5) is 60.3. The number of benzene rings is 1. The number of nitrogens with one attached hydrogen (secondary N) is 1. The Morgan fingerprint density at radius 2 is 1.90 bits per heavy atom. The van der Waals surface area contributed by atoms with Crippen molar-refractivity contribution in [2.24, 2.45) is 11.1 Å². The molecule has 0 fully saturated rings. The van der Waals surface area contributed by atoms with Crippen molar-refractivity contribution in [2.75, 3.05) is 26.6 Å². The third-order valence-corrected chi connectivity index (χ3v) is 8.34. The Bertz CT molecular complexity index is 1560. The zero-order valence-corrected chi connectivity index (χ0v) is 27.9. The first-order chi connectivity index (χ1) is 23.0. The average molecular weight is 675 g/mol. The Kier molecular flexibility index (Phi) is 12.9. The molecular weight excluding hydrogens is 630 g/mol. The van der Waals surface area contributed by atoms with E-state index in [4.69, 9.17) is 19.0 Å². The van der Waals surface area contributed by atoms with Crippen molar-refractivity contribution >= 4 is 23.7 Å². The second-order valence-electron chi connectivity index (χ2n) is 12.6. The molecule has 1 aromatic heterocycles. The van der Waals surface area contributed by atoms with Gasteiger partial charge in [-0.3, -0.25) is 14.4 Å². The Hall–Kier alpha value is -4.49. The highest BCUT2D eigenvalue weighted by molar-refractivity contribution is 5.99. The van der Waals surface area contributed by atoms with Crippen LogP contribution in [-0.4, -0.2) is 65.7 Å². The summed E-state index contributed by atoms with van der Waals surface area (Å²) in [7, 11) is 0. The van der Waals surface area contributed by atoms with E-state index in [2.05, 4.69) is 24.3 Å². The van der Waals surface area contributed by atoms with Crippen molar-refractivity contribution in [3.63, 3.8) is 0 Å². The van der Waals surface area contributed by atoms with Crippen LogP contribution in [0.3, 0.4) is 0 Å². The zero-order valence-electron chi connectivity index (χ0n) is 27.9. The quantitative estimate of drug-likeness (QED) is 0.162. The molecule has 262 valence electrons. The molecule has 14 heteroatoms. The fourth-order valence-corrected chi connectivity index (χ4v) is 5.67. The number of rotatable bonds is 13. The summed E-state index contributed by atoms with van der Waals surface area (Å²) in [6.07, 6.45) is 5.89. The van der Waals surface area contributed by atoms with Crippen molar-refractivity contribution in [1.82, 2.24) is 14.8 Å². The lowest BCUT2D eigenvalue weighted by molar-refractivity contribution is 0.00244. The van der Waals surface area contributed by atoms with Gasteiger partial charge in [0.25, 0.3) is 11.8 Å². The third kappa shape index (κ3) is 9.54. The van der Waals surface area contributed by atoms with Gasteiger partial charge in [0, 0.05) is 49.8 Å². The van der Waals surface area contributed by atoms with E-state index < -0.39 is 59.2 Å². The second-order valence-corrected chi connectivity index (χ2v) is 12.6. The maximum atomic E-state index is 14.2. The fourth-order valence-electron chi connectivity index (χ4n) is 5.67. The number of carbonyl (C=O) groups excluding carboxylic acids is 3. The van der Waals surface area contributed by atoms with E-state index in [9.17, 15) is 28.0 Å². The maximum absolute atomic E-state index is 14.2. The Balaban J connectivity index is 1.57. The van der Waals surface area contributed by atoms with Gasteiger partial charge in [-0.25, -0.2) is 13.6 Å². The topological polar surface area (TPSA) is 138 Å². The molecule has 1 aromatic carbocycles. The molecule has 2 aliphatic heterocycles. The summed E-state index contributed by atoms with van der Waals surface area (Å²) >= 11 is 0. The number of halogens is 2. The van der Waals surface area contributed by atoms with Gasteiger partial charge in [0.2, 0.25) is 18.0 Å². The molecule has 0 spiro atoms. The summed E-state index contributed by atoms with van der Waals surface area (Å²) in [5, 5.41) is 6.63. The summed E-state index contributed by atoms with van der Waals surface area (Å²) < 4.78 is 45.0. The van der Waals surface area contributed by atoms with Crippen LogP contribution in [0, 0.1) is 17.6 Å². The third-order valence-electron chi connectivity index (χ3n) is 8.34.